The zero-order valence-corrected chi connectivity index (χ0v) is 10.3. The lowest BCUT2D eigenvalue weighted by Crippen LogP contribution is -1.97. The Labute approximate surface area is 95.4 Å². The molecule has 1 rings (SSSR count). The van der Waals surface area contributed by atoms with E-state index >= 15 is 0 Å². The van der Waals surface area contributed by atoms with Crippen LogP contribution >= 0.6 is 27.3 Å². The molecule has 0 aliphatic heterocycles. The second-order valence-corrected chi connectivity index (χ2v) is 4.48. The van der Waals surface area contributed by atoms with Gasteiger partial charge in [-0.3, -0.25) is 0 Å². The number of rotatable bonds is 2. The molecule has 0 aliphatic carbocycles. The van der Waals surface area contributed by atoms with Gasteiger partial charge in [0, 0.05) is 15.8 Å². The Hall–Kier alpha value is -0.790. The molecular formula is C10H9BrO2S. The lowest BCUT2D eigenvalue weighted by atomic mass is 10.3. The lowest BCUT2D eigenvalue weighted by molar-refractivity contribution is 0.0605. The maximum atomic E-state index is 11.2. The molecule has 0 bridgehead atoms. The molecule has 0 fully saturated rings. The molecule has 1 heterocycles. The highest BCUT2D eigenvalue weighted by Gasteiger charge is 2.14. The quantitative estimate of drug-likeness (QED) is 0.611. The summed E-state index contributed by atoms with van der Waals surface area (Å²) in [5.74, 6) is 5.46. The first-order valence-electron chi connectivity index (χ1n) is 3.95. The molecule has 2 nitrogen and oxygen atoms in total. The van der Waals surface area contributed by atoms with Gasteiger partial charge in [0.25, 0.3) is 0 Å². The van der Waals surface area contributed by atoms with Crippen molar-refractivity contribution in [1.29, 1.82) is 0 Å². The third-order valence-corrected chi connectivity index (χ3v) is 3.55. The SMILES string of the molecule is CC#CCc1cc(Br)c(C(=O)OC)s1. The molecule has 1 aromatic rings. The van der Waals surface area contributed by atoms with E-state index in [9.17, 15) is 4.79 Å². The van der Waals surface area contributed by atoms with Gasteiger partial charge in [-0.15, -0.1) is 17.3 Å². The van der Waals surface area contributed by atoms with Crippen LogP contribution in [0.25, 0.3) is 0 Å². The molecule has 0 spiro atoms. The highest BCUT2D eigenvalue weighted by Crippen LogP contribution is 2.28. The van der Waals surface area contributed by atoms with Crippen LogP contribution in [0.2, 0.25) is 0 Å². The summed E-state index contributed by atoms with van der Waals surface area (Å²) in [5, 5.41) is 0. The number of hydrogen-bond acceptors (Lipinski definition) is 3. The van der Waals surface area contributed by atoms with Crippen molar-refractivity contribution < 1.29 is 9.53 Å². The van der Waals surface area contributed by atoms with Gasteiger partial charge in [-0.25, -0.2) is 4.79 Å². The van der Waals surface area contributed by atoms with Crippen molar-refractivity contribution in [3.8, 4) is 11.8 Å². The Kier molecular flexibility index (Phi) is 4.18. The number of thiophene rings is 1. The van der Waals surface area contributed by atoms with Gasteiger partial charge in [0.2, 0.25) is 0 Å². The molecule has 0 aliphatic rings. The van der Waals surface area contributed by atoms with Crippen molar-refractivity contribution >= 4 is 33.2 Å². The Bertz CT molecular complexity index is 398. The van der Waals surface area contributed by atoms with E-state index in [1.54, 1.807) is 6.92 Å². The van der Waals surface area contributed by atoms with Crippen molar-refractivity contribution in [2.45, 2.75) is 13.3 Å². The molecular weight excluding hydrogens is 264 g/mol. The highest BCUT2D eigenvalue weighted by molar-refractivity contribution is 9.10. The van der Waals surface area contributed by atoms with Crippen molar-refractivity contribution in [2.75, 3.05) is 7.11 Å². The molecule has 0 amide bonds. The van der Waals surface area contributed by atoms with Gasteiger partial charge in [0.15, 0.2) is 0 Å². The number of hydrogen-bond donors (Lipinski definition) is 0. The van der Waals surface area contributed by atoms with Crippen LogP contribution < -0.4 is 0 Å². The number of esters is 1. The third kappa shape index (κ3) is 2.60. The third-order valence-electron chi connectivity index (χ3n) is 1.55. The number of carbonyl (C=O) groups is 1. The number of carbonyl (C=O) groups excluding carboxylic acids is 1. The Morgan fingerprint density at radius 1 is 1.71 bits per heavy atom. The van der Waals surface area contributed by atoms with Gasteiger partial charge in [-0.1, -0.05) is 5.92 Å². The fraction of sp³-hybridized carbons (Fsp3) is 0.300. The lowest BCUT2D eigenvalue weighted by Gasteiger charge is -1.93. The average molecular weight is 273 g/mol. The van der Waals surface area contributed by atoms with Crippen molar-refractivity contribution in [1.82, 2.24) is 0 Å². The predicted molar refractivity (Wildman–Crippen MR) is 60.5 cm³/mol. The molecule has 0 atom stereocenters. The van der Waals surface area contributed by atoms with Crippen LogP contribution in [0.3, 0.4) is 0 Å². The van der Waals surface area contributed by atoms with E-state index in [4.69, 9.17) is 0 Å². The predicted octanol–water partition coefficient (Wildman–Crippen LogP) is 2.86. The molecule has 4 heteroatoms. The number of ether oxygens (including phenoxy) is 1. The summed E-state index contributed by atoms with van der Waals surface area (Å²) in [5.41, 5.74) is 0. The van der Waals surface area contributed by atoms with E-state index in [0.717, 1.165) is 9.35 Å². The fourth-order valence-electron chi connectivity index (χ4n) is 0.911. The van der Waals surface area contributed by atoms with Crippen molar-refractivity contribution in [3.63, 3.8) is 0 Å². The topological polar surface area (TPSA) is 26.3 Å². The standard InChI is InChI=1S/C10H9BrO2S/c1-3-4-5-7-6-8(11)9(14-7)10(12)13-2/h6H,5H2,1-2H3. The maximum absolute atomic E-state index is 11.2. The zero-order valence-electron chi connectivity index (χ0n) is 7.89. The van der Waals surface area contributed by atoms with Crippen LogP contribution in [0.15, 0.2) is 10.5 Å². The van der Waals surface area contributed by atoms with Crippen LogP contribution in [-0.4, -0.2) is 13.1 Å². The largest absolute Gasteiger partial charge is 0.465 e. The van der Waals surface area contributed by atoms with Crippen LogP contribution in [-0.2, 0) is 11.2 Å². The first-order chi connectivity index (χ1) is 6.69. The second kappa shape index (κ2) is 5.18. The van der Waals surface area contributed by atoms with Crippen LogP contribution in [0.5, 0.6) is 0 Å². The Balaban J connectivity index is 2.91. The molecule has 0 unspecified atom stereocenters. The minimum atomic E-state index is -0.308. The second-order valence-electron chi connectivity index (χ2n) is 2.48. The summed E-state index contributed by atoms with van der Waals surface area (Å²) in [7, 11) is 1.38. The first-order valence-corrected chi connectivity index (χ1v) is 5.56. The summed E-state index contributed by atoms with van der Waals surface area (Å²) in [4.78, 5) is 12.9. The van der Waals surface area contributed by atoms with Crippen LogP contribution in [0.1, 0.15) is 21.5 Å². The molecule has 1 aromatic heterocycles. The average Bonchev–Trinajstić information content (AvgIpc) is 2.55. The van der Waals surface area contributed by atoms with Gasteiger partial charge in [0.05, 0.1) is 7.11 Å². The van der Waals surface area contributed by atoms with Gasteiger partial charge in [-0.2, -0.15) is 0 Å². The summed E-state index contributed by atoms with van der Waals surface area (Å²) in [6.07, 6.45) is 0.677. The summed E-state index contributed by atoms with van der Waals surface area (Å²) in [6, 6.07) is 1.90. The minimum absolute atomic E-state index is 0.308. The molecule has 74 valence electrons. The van der Waals surface area contributed by atoms with E-state index in [2.05, 4.69) is 32.5 Å². The van der Waals surface area contributed by atoms with Gasteiger partial charge >= 0.3 is 5.97 Å². The summed E-state index contributed by atoms with van der Waals surface area (Å²) >= 11 is 4.72. The number of halogens is 1. The van der Waals surface area contributed by atoms with E-state index < -0.39 is 0 Å². The Morgan fingerprint density at radius 3 is 3.00 bits per heavy atom. The molecule has 0 aromatic carbocycles. The van der Waals surface area contributed by atoms with E-state index in [1.807, 2.05) is 6.07 Å². The zero-order chi connectivity index (χ0) is 10.6. The first kappa shape index (κ1) is 11.3. The molecule has 0 saturated heterocycles. The molecule has 0 saturated carbocycles. The van der Waals surface area contributed by atoms with Crippen LogP contribution in [0, 0.1) is 11.8 Å². The summed E-state index contributed by atoms with van der Waals surface area (Å²) < 4.78 is 5.42. The van der Waals surface area contributed by atoms with Gasteiger partial charge < -0.3 is 4.74 Å². The van der Waals surface area contributed by atoms with E-state index in [1.165, 1.54) is 18.4 Å². The van der Waals surface area contributed by atoms with Gasteiger partial charge in [0.1, 0.15) is 4.88 Å². The summed E-state index contributed by atoms with van der Waals surface area (Å²) in [6.45, 7) is 1.80. The monoisotopic (exact) mass is 272 g/mol. The highest BCUT2D eigenvalue weighted by atomic mass is 79.9. The van der Waals surface area contributed by atoms with Crippen molar-refractivity contribution in [2.24, 2.45) is 0 Å². The Morgan fingerprint density at radius 2 is 2.43 bits per heavy atom. The maximum Gasteiger partial charge on any atom is 0.349 e. The van der Waals surface area contributed by atoms with E-state index in [0.29, 0.717) is 11.3 Å². The van der Waals surface area contributed by atoms with Crippen LogP contribution in [0.4, 0.5) is 0 Å². The number of methoxy groups -OCH3 is 1. The van der Waals surface area contributed by atoms with Crippen molar-refractivity contribution in [3.05, 3.63) is 20.3 Å². The minimum Gasteiger partial charge on any atom is -0.465 e. The van der Waals surface area contributed by atoms with E-state index in [-0.39, 0.29) is 5.97 Å². The smallest absolute Gasteiger partial charge is 0.349 e. The molecule has 0 N–H and O–H groups in total. The molecule has 14 heavy (non-hydrogen) atoms. The molecule has 0 radical (unpaired) electrons. The normalized spacial score (nSPS) is 9.07. The van der Waals surface area contributed by atoms with Gasteiger partial charge in [-0.05, 0) is 28.9 Å². The fourth-order valence-corrected chi connectivity index (χ4v) is 2.65.